The summed E-state index contributed by atoms with van der Waals surface area (Å²) in [5.74, 6) is 0.356. The predicted molar refractivity (Wildman–Crippen MR) is 96.7 cm³/mol. The smallest absolute Gasteiger partial charge is 0.121 e. The Kier molecular flexibility index (Phi) is 4.24. The highest BCUT2D eigenvalue weighted by Crippen LogP contribution is 2.24. The fourth-order valence-electron chi connectivity index (χ4n) is 2.58. The van der Waals surface area contributed by atoms with Gasteiger partial charge in [0.1, 0.15) is 5.75 Å². The van der Waals surface area contributed by atoms with Gasteiger partial charge in [0, 0.05) is 6.21 Å². The summed E-state index contributed by atoms with van der Waals surface area (Å²) in [4.78, 5) is 4.52. The van der Waals surface area contributed by atoms with Crippen LogP contribution in [-0.2, 0) is 0 Å². The quantitative estimate of drug-likeness (QED) is 0.643. The summed E-state index contributed by atoms with van der Waals surface area (Å²) in [6.07, 6.45) is 1.83. The summed E-state index contributed by atoms with van der Waals surface area (Å²) in [5.41, 5.74) is 6.02. The summed E-state index contributed by atoms with van der Waals surface area (Å²) in [6.45, 7) is 3.79. The first-order valence-electron chi connectivity index (χ1n) is 7.63. The molecule has 0 aliphatic rings. The van der Waals surface area contributed by atoms with Crippen molar-refractivity contribution in [1.82, 2.24) is 0 Å². The van der Waals surface area contributed by atoms with Crippen molar-refractivity contribution in [2.45, 2.75) is 13.8 Å². The Morgan fingerprint density at radius 3 is 1.96 bits per heavy atom. The Labute approximate surface area is 136 Å². The number of phenolic OH excluding ortho intramolecular Hbond substituents is 1. The number of hydrogen-bond donors (Lipinski definition) is 1. The van der Waals surface area contributed by atoms with Crippen molar-refractivity contribution in [2.24, 2.45) is 4.99 Å². The molecule has 3 aromatic carbocycles. The number of rotatable bonds is 3. The Bertz CT molecular complexity index is 810. The molecule has 0 atom stereocenters. The van der Waals surface area contributed by atoms with E-state index < -0.39 is 0 Å². The molecule has 0 bridgehead atoms. The monoisotopic (exact) mass is 301 g/mol. The lowest BCUT2D eigenvalue weighted by Gasteiger charge is -2.04. The minimum Gasteiger partial charge on any atom is -0.507 e. The van der Waals surface area contributed by atoms with Crippen LogP contribution < -0.4 is 0 Å². The second-order valence-corrected chi connectivity index (χ2v) is 5.67. The molecule has 0 unspecified atom stereocenters. The van der Waals surface area contributed by atoms with Crippen molar-refractivity contribution in [2.75, 3.05) is 0 Å². The SMILES string of the molecule is Cc1cc(C=Nc2ccc(-c3ccccc3)cc2)cc(C)c1O. The normalized spacial score (nSPS) is 11.0. The highest BCUT2D eigenvalue weighted by atomic mass is 16.3. The maximum Gasteiger partial charge on any atom is 0.121 e. The second kappa shape index (κ2) is 6.49. The van der Waals surface area contributed by atoms with Gasteiger partial charge in [-0.05, 0) is 65.9 Å². The molecule has 0 aliphatic carbocycles. The zero-order chi connectivity index (χ0) is 16.2. The predicted octanol–water partition coefficient (Wildman–Crippen LogP) is 5.43. The number of aryl methyl sites for hydroxylation is 2. The van der Waals surface area contributed by atoms with Gasteiger partial charge in [0.15, 0.2) is 0 Å². The van der Waals surface area contributed by atoms with Crippen LogP contribution in [0, 0.1) is 13.8 Å². The lowest BCUT2D eigenvalue weighted by Crippen LogP contribution is -1.87. The Morgan fingerprint density at radius 2 is 1.35 bits per heavy atom. The largest absolute Gasteiger partial charge is 0.507 e. The van der Waals surface area contributed by atoms with Gasteiger partial charge in [-0.1, -0.05) is 42.5 Å². The van der Waals surface area contributed by atoms with E-state index in [0.29, 0.717) is 5.75 Å². The van der Waals surface area contributed by atoms with Crippen LogP contribution >= 0.6 is 0 Å². The fourth-order valence-corrected chi connectivity index (χ4v) is 2.58. The van der Waals surface area contributed by atoms with E-state index in [1.165, 1.54) is 11.1 Å². The highest BCUT2D eigenvalue weighted by Gasteiger charge is 2.02. The third-order valence-corrected chi connectivity index (χ3v) is 3.85. The fraction of sp³-hybridized carbons (Fsp3) is 0.0952. The molecule has 0 spiro atoms. The maximum atomic E-state index is 9.81. The molecule has 3 rings (SSSR count). The number of phenols is 1. The van der Waals surface area contributed by atoms with E-state index in [2.05, 4.69) is 29.3 Å². The van der Waals surface area contributed by atoms with E-state index in [9.17, 15) is 5.11 Å². The van der Waals surface area contributed by atoms with E-state index in [1.807, 2.05) is 62.5 Å². The molecular formula is C21H19NO. The summed E-state index contributed by atoms with van der Waals surface area (Å²) in [6, 6.07) is 22.3. The molecule has 1 N–H and O–H groups in total. The van der Waals surface area contributed by atoms with E-state index in [4.69, 9.17) is 0 Å². The Balaban J connectivity index is 1.81. The van der Waals surface area contributed by atoms with E-state index >= 15 is 0 Å². The van der Waals surface area contributed by atoms with E-state index in [1.54, 1.807) is 0 Å². The third kappa shape index (κ3) is 3.49. The average molecular weight is 301 g/mol. The Morgan fingerprint density at radius 1 is 0.783 bits per heavy atom. The van der Waals surface area contributed by atoms with Crippen LogP contribution in [-0.4, -0.2) is 11.3 Å². The molecular weight excluding hydrogens is 282 g/mol. The minimum atomic E-state index is 0.356. The molecule has 0 fully saturated rings. The molecule has 0 radical (unpaired) electrons. The summed E-state index contributed by atoms with van der Waals surface area (Å²) < 4.78 is 0. The highest BCUT2D eigenvalue weighted by molar-refractivity contribution is 5.83. The van der Waals surface area contributed by atoms with Gasteiger partial charge < -0.3 is 5.11 Å². The Hall–Kier alpha value is -2.87. The van der Waals surface area contributed by atoms with Crippen LogP contribution in [0.1, 0.15) is 16.7 Å². The van der Waals surface area contributed by atoms with Crippen molar-refractivity contribution in [3.05, 3.63) is 83.4 Å². The number of aliphatic imine (C=N–C) groups is 1. The standard InChI is InChI=1S/C21H19NO/c1-15-12-17(13-16(2)21(15)23)14-22-20-10-8-19(9-11-20)18-6-4-3-5-7-18/h3-14,23H,1-2H3. The molecule has 2 heteroatoms. The van der Waals surface area contributed by atoms with Gasteiger partial charge in [-0.2, -0.15) is 0 Å². The average Bonchev–Trinajstić information content (AvgIpc) is 2.59. The van der Waals surface area contributed by atoms with Gasteiger partial charge in [-0.3, -0.25) is 4.99 Å². The van der Waals surface area contributed by atoms with Gasteiger partial charge >= 0.3 is 0 Å². The van der Waals surface area contributed by atoms with Crippen LogP contribution in [0.15, 0.2) is 71.7 Å². The van der Waals surface area contributed by atoms with Crippen molar-refractivity contribution < 1.29 is 5.11 Å². The molecule has 0 saturated carbocycles. The first kappa shape index (κ1) is 15.0. The summed E-state index contributed by atoms with van der Waals surface area (Å²) in [5, 5.41) is 9.81. The molecule has 0 amide bonds. The lowest BCUT2D eigenvalue weighted by atomic mass is 10.1. The molecule has 2 nitrogen and oxygen atoms in total. The van der Waals surface area contributed by atoms with Gasteiger partial charge in [0.05, 0.1) is 5.69 Å². The molecule has 114 valence electrons. The van der Waals surface area contributed by atoms with Crippen LogP contribution in [0.4, 0.5) is 5.69 Å². The molecule has 0 saturated heterocycles. The number of nitrogens with zero attached hydrogens (tertiary/aromatic N) is 1. The zero-order valence-corrected chi connectivity index (χ0v) is 13.3. The van der Waals surface area contributed by atoms with Crippen molar-refractivity contribution in [1.29, 1.82) is 0 Å². The lowest BCUT2D eigenvalue weighted by molar-refractivity contribution is 0.467. The molecule has 0 aromatic heterocycles. The first-order chi connectivity index (χ1) is 11.1. The van der Waals surface area contributed by atoms with Crippen LogP contribution in [0.5, 0.6) is 5.75 Å². The second-order valence-electron chi connectivity index (χ2n) is 5.67. The number of hydrogen-bond acceptors (Lipinski definition) is 2. The summed E-state index contributed by atoms with van der Waals surface area (Å²) >= 11 is 0. The van der Waals surface area contributed by atoms with Crippen molar-refractivity contribution in [3.8, 4) is 16.9 Å². The third-order valence-electron chi connectivity index (χ3n) is 3.85. The van der Waals surface area contributed by atoms with E-state index in [-0.39, 0.29) is 0 Å². The molecule has 0 heterocycles. The maximum absolute atomic E-state index is 9.81. The molecule has 23 heavy (non-hydrogen) atoms. The minimum absolute atomic E-state index is 0.356. The van der Waals surface area contributed by atoms with Crippen molar-refractivity contribution >= 4 is 11.9 Å². The van der Waals surface area contributed by atoms with Gasteiger partial charge in [0.25, 0.3) is 0 Å². The van der Waals surface area contributed by atoms with Gasteiger partial charge in [-0.25, -0.2) is 0 Å². The summed E-state index contributed by atoms with van der Waals surface area (Å²) in [7, 11) is 0. The van der Waals surface area contributed by atoms with Crippen molar-refractivity contribution in [3.63, 3.8) is 0 Å². The van der Waals surface area contributed by atoms with Crippen LogP contribution in [0.25, 0.3) is 11.1 Å². The number of benzene rings is 3. The van der Waals surface area contributed by atoms with Gasteiger partial charge in [0.2, 0.25) is 0 Å². The van der Waals surface area contributed by atoms with E-state index in [0.717, 1.165) is 22.4 Å². The zero-order valence-electron chi connectivity index (χ0n) is 13.3. The number of aromatic hydroxyl groups is 1. The van der Waals surface area contributed by atoms with Crippen LogP contribution in [0.2, 0.25) is 0 Å². The molecule has 3 aromatic rings. The topological polar surface area (TPSA) is 32.6 Å². The van der Waals surface area contributed by atoms with Crippen LogP contribution in [0.3, 0.4) is 0 Å². The first-order valence-corrected chi connectivity index (χ1v) is 7.63. The van der Waals surface area contributed by atoms with Gasteiger partial charge in [-0.15, -0.1) is 0 Å². The molecule has 0 aliphatic heterocycles.